The summed E-state index contributed by atoms with van der Waals surface area (Å²) < 4.78 is 24.2. The standard InChI is InChI=1S/C21H21FN2O3/c1-15-4-2-3-5-18(15)26-13-12-23-20(25)10-11-21-24-14-19(27-21)16-6-8-17(22)9-7-16/h2-9,14H,10-13H2,1H3,(H,23,25). The average Bonchev–Trinajstić information content (AvgIpc) is 3.14. The van der Waals surface area contributed by atoms with Crippen molar-refractivity contribution in [3.8, 4) is 17.1 Å². The molecule has 0 spiro atoms. The number of aryl methyl sites for hydroxylation is 2. The molecule has 27 heavy (non-hydrogen) atoms. The van der Waals surface area contributed by atoms with Crippen LogP contribution in [0.4, 0.5) is 4.39 Å². The van der Waals surface area contributed by atoms with Crippen molar-refractivity contribution in [1.82, 2.24) is 10.3 Å². The van der Waals surface area contributed by atoms with Crippen LogP contribution >= 0.6 is 0 Å². The highest BCUT2D eigenvalue weighted by atomic mass is 19.1. The van der Waals surface area contributed by atoms with Crippen LogP contribution in [0.5, 0.6) is 5.75 Å². The fourth-order valence-corrected chi connectivity index (χ4v) is 2.55. The number of nitrogens with one attached hydrogen (secondary N) is 1. The second kappa shape index (κ2) is 8.98. The molecule has 6 heteroatoms. The molecular formula is C21H21FN2O3. The van der Waals surface area contributed by atoms with Gasteiger partial charge in [0.2, 0.25) is 5.91 Å². The lowest BCUT2D eigenvalue weighted by Crippen LogP contribution is -2.28. The molecule has 1 aromatic heterocycles. The third kappa shape index (κ3) is 5.41. The van der Waals surface area contributed by atoms with Crippen molar-refractivity contribution in [2.24, 2.45) is 0 Å². The van der Waals surface area contributed by atoms with E-state index in [1.54, 1.807) is 18.3 Å². The van der Waals surface area contributed by atoms with Gasteiger partial charge < -0.3 is 14.5 Å². The number of rotatable bonds is 8. The van der Waals surface area contributed by atoms with Gasteiger partial charge >= 0.3 is 0 Å². The van der Waals surface area contributed by atoms with E-state index in [-0.39, 0.29) is 18.1 Å². The van der Waals surface area contributed by atoms with E-state index >= 15 is 0 Å². The van der Waals surface area contributed by atoms with Gasteiger partial charge in [0.25, 0.3) is 0 Å². The number of amides is 1. The summed E-state index contributed by atoms with van der Waals surface area (Å²) in [7, 11) is 0. The molecular weight excluding hydrogens is 347 g/mol. The highest BCUT2D eigenvalue weighted by molar-refractivity contribution is 5.76. The number of nitrogens with zero attached hydrogens (tertiary/aromatic N) is 1. The predicted molar refractivity (Wildman–Crippen MR) is 99.9 cm³/mol. The summed E-state index contributed by atoms with van der Waals surface area (Å²) in [6.45, 7) is 2.81. The van der Waals surface area contributed by atoms with Gasteiger partial charge in [-0.2, -0.15) is 0 Å². The van der Waals surface area contributed by atoms with Crippen molar-refractivity contribution in [3.63, 3.8) is 0 Å². The van der Waals surface area contributed by atoms with Gasteiger partial charge in [0.15, 0.2) is 11.7 Å². The van der Waals surface area contributed by atoms with Crippen LogP contribution in [0.25, 0.3) is 11.3 Å². The average molecular weight is 368 g/mol. The minimum Gasteiger partial charge on any atom is -0.491 e. The number of carbonyl (C=O) groups is 1. The van der Waals surface area contributed by atoms with E-state index in [4.69, 9.17) is 9.15 Å². The van der Waals surface area contributed by atoms with Crippen LogP contribution in [0.2, 0.25) is 0 Å². The molecule has 1 amide bonds. The zero-order valence-electron chi connectivity index (χ0n) is 15.1. The molecule has 0 aliphatic heterocycles. The number of hydrogen-bond acceptors (Lipinski definition) is 4. The molecule has 0 radical (unpaired) electrons. The Kier molecular flexibility index (Phi) is 6.20. The summed E-state index contributed by atoms with van der Waals surface area (Å²) in [6.07, 6.45) is 2.25. The number of ether oxygens (including phenoxy) is 1. The number of carbonyl (C=O) groups excluding carboxylic acids is 1. The predicted octanol–water partition coefficient (Wildman–Crippen LogP) is 3.92. The van der Waals surface area contributed by atoms with Gasteiger partial charge in [-0.15, -0.1) is 0 Å². The topological polar surface area (TPSA) is 64.4 Å². The minimum absolute atomic E-state index is 0.0927. The smallest absolute Gasteiger partial charge is 0.220 e. The van der Waals surface area contributed by atoms with Crippen LogP contribution in [0.15, 0.2) is 59.1 Å². The molecule has 1 heterocycles. The maximum atomic E-state index is 13.0. The quantitative estimate of drug-likeness (QED) is 0.612. The highest BCUT2D eigenvalue weighted by Crippen LogP contribution is 2.21. The largest absolute Gasteiger partial charge is 0.491 e. The van der Waals surface area contributed by atoms with Crippen LogP contribution in [-0.4, -0.2) is 24.0 Å². The maximum absolute atomic E-state index is 13.0. The molecule has 3 rings (SSSR count). The van der Waals surface area contributed by atoms with Crippen LogP contribution in [0.3, 0.4) is 0 Å². The number of halogens is 1. The van der Waals surface area contributed by atoms with Crippen molar-refractivity contribution < 1.29 is 18.3 Å². The summed E-state index contributed by atoms with van der Waals surface area (Å²) in [6, 6.07) is 13.7. The third-order valence-electron chi connectivity index (χ3n) is 4.02. The first-order valence-corrected chi connectivity index (χ1v) is 8.77. The van der Waals surface area contributed by atoms with Gasteiger partial charge in [-0.3, -0.25) is 4.79 Å². The van der Waals surface area contributed by atoms with E-state index in [9.17, 15) is 9.18 Å². The van der Waals surface area contributed by atoms with Gasteiger partial charge in [0.05, 0.1) is 12.7 Å². The van der Waals surface area contributed by atoms with Crippen molar-refractivity contribution >= 4 is 5.91 Å². The monoisotopic (exact) mass is 368 g/mol. The molecule has 0 unspecified atom stereocenters. The highest BCUT2D eigenvalue weighted by Gasteiger charge is 2.09. The summed E-state index contributed by atoms with van der Waals surface area (Å²) in [5.41, 5.74) is 1.80. The molecule has 0 fully saturated rings. The van der Waals surface area contributed by atoms with E-state index in [0.29, 0.717) is 31.2 Å². The van der Waals surface area contributed by atoms with Gasteiger partial charge in [-0.1, -0.05) is 18.2 Å². The second-order valence-electron chi connectivity index (χ2n) is 6.09. The lowest BCUT2D eigenvalue weighted by Gasteiger charge is -2.09. The summed E-state index contributed by atoms with van der Waals surface area (Å²) >= 11 is 0. The summed E-state index contributed by atoms with van der Waals surface area (Å²) in [4.78, 5) is 16.1. The Balaban J connectivity index is 1.39. The molecule has 0 aliphatic carbocycles. The lowest BCUT2D eigenvalue weighted by molar-refractivity contribution is -0.121. The fraction of sp³-hybridized carbons (Fsp3) is 0.238. The first-order chi connectivity index (χ1) is 13.1. The molecule has 0 atom stereocenters. The molecule has 5 nitrogen and oxygen atoms in total. The van der Waals surface area contributed by atoms with Crippen LogP contribution < -0.4 is 10.1 Å². The Morgan fingerprint density at radius 1 is 1.19 bits per heavy atom. The van der Waals surface area contributed by atoms with Crippen LogP contribution in [0, 0.1) is 12.7 Å². The molecule has 2 aromatic carbocycles. The maximum Gasteiger partial charge on any atom is 0.220 e. The number of para-hydroxylation sites is 1. The SMILES string of the molecule is Cc1ccccc1OCCNC(=O)CCc1ncc(-c2ccc(F)cc2)o1. The van der Waals surface area contributed by atoms with Crippen molar-refractivity contribution in [2.45, 2.75) is 19.8 Å². The summed E-state index contributed by atoms with van der Waals surface area (Å²) in [5.74, 6) is 1.45. The number of oxazole rings is 1. The first kappa shape index (κ1) is 18.6. The Bertz CT molecular complexity index is 890. The third-order valence-corrected chi connectivity index (χ3v) is 4.02. The van der Waals surface area contributed by atoms with E-state index in [1.165, 1.54) is 12.1 Å². The first-order valence-electron chi connectivity index (χ1n) is 8.77. The van der Waals surface area contributed by atoms with Crippen molar-refractivity contribution in [1.29, 1.82) is 0 Å². The van der Waals surface area contributed by atoms with E-state index in [0.717, 1.165) is 16.9 Å². The minimum atomic E-state index is -0.304. The van der Waals surface area contributed by atoms with E-state index in [2.05, 4.69) is 10.3 Å². The summed E-state index contributed by atoms with van der Waals surface area (Å²) in [5, 5.41) is 2.81. The Labute approximate surface area is 157 Å². The van der Waals surface area contributed by atoms with Gasteiger partial charge in [0.1, 0.15) is 18.2 Å². The zero-order valence-corrected chi connectivity index (χ0v) is 15.1. The van der Waals surface area contributed by atoms with Crippen LogP contribution in [0.1, 0.15) is 17.9 Å². The van der Waals surface area contributed by atoms with Crippen LogP contribution in [-0.2, 0) is 11.2 Å². The Morgan fingerprint density at radius 2 is 1.96 bits per heavy atom. The molecule has 1 N–H and O–H groups in total. The fourth-order valence-electron chi connectivity index (χ4n) is 2.55. The molecule has 0 aliphatic rings. The Morgan fingerprint density at radius 3 is 2.74 bits per heavy atom. The lowest BCUT2D eigenvalue weighted by atomic mass is 10.2. The molecule has 0 saturated carbocycles. The van der Waals surface area contributed by atoms with E-state index in [1.807, 2.05) is 31.2 Å². The van der Waals surface area contributed by atoms with E-state index < -0.39 is 0 Å². The number of hydrogen-bond donors (Lipinski definition) is 1. The molecule has 0 saturated heterocycles. The van der Waals surface area contributed by atoms with Crippen molar-refractivity contribution in [3.05, 3.63) is 72.0 Å². The molecule has 3 aromatic rings. The normalized spacial score (nSPS) is 10.6. The zero-order chi connectivity index (χ0) is 19.1. The van der Waals surface area contributed by atoms with Gasteiger partial charge in [-0.25, -0.2) is 9.37 Å². The number of aromatic nitrogens is 1. The van der Waals surface area contributed by atoms with Gasteiger partial charge in [0, 0.05) is 18.4 Å². The van der Waals surface area contributed by atoms with Crippen molar-refractivity contribution in [2.75, 3.05) is 13.2 Å². The van der Waals surface area contributed by atoms with Gasteiger partial charge in [-0.05, 0) is 42.8 Å². The molecule has 140 valence electrons. The number of benzene rings is 2. The molecule has 0 bridgehead atoms. The Hall–Kier alpha value is -3.15. The second-order valence-corrected chi connectivity index (χ2v) is 6.09.